The van der Waals surface area contributed by atoms with Gasteiger partial charge in [0.2, 0.25) is 0 Å². The second-order valence-corrected chi connectivity index (χ2v) is 19.2. The zero-order valence-corrected chi connectivity index (χ0v) is 38.9. The average Bonchev–Trinajstić information content (AvgIpc) is 4.06. The molecule has 0 saturated carbocycles. The predicted molar refractivity (Wildman–Crippen MR) is 259 cm³/mol. The molecule has 15 heteroatoms. The molecule has 0 bridgehead atoms. The number of aromatic nitrogens is 6. The Hall–Kier alpha value is -4.77. The summed E-state index contributed by atoms with van der Waals surface area (Å²) >= 11 is 0. The van der Waals surface area contributed by atoms with E-state index in [0.717, 1.165) is 150 Å². The van der Waals surface area contributed by atoms with Gasteiger partial charge in [-0.1, -0.05) is 0 Å². The van der Waals surface area contributed by atoms with E-state index in [-0.39, 0.29) is 24.3 Å². The zero-order valence-electron chi connectivity index (χ0n) is 38.9. The molecular weight excluding hydrogens is 833 g/mol. The molecule has 10 rings (SSSR count). The van der Waals surface area contributed by atoms with Crippen LogP contribution >= 0.6 is 0 Å². The summed E-state index contributed by atoms with van der Waals surface area (Å²) in [6, 6.07) is 8.21. The summed E-state index contributed by atoms with van der Waals surface area (Å²) < 4.78 is 23.5. The Morgan fingerprint density at radius 3 is 1.50 bits per heavy atom. The van der Waals surface area contributed by atoms with Crippen molar-refractivity contribution in [3.05, 3.63) is 61.4 Å². The number of hydrogen-bond donors (Lipinski definition) is 2. The van der Waals surface area contributed by atoms with Crippen LogP contribution in [0, 0.1) is 11.8 Å². The summed E-state index contributed by atoms with van der Waals surface area (Å²) in [5.74, 6) is 1.27. The number of carbonyl (C=O) groups excluding carboxylic acids is 1. The lowest BCUT2D eigenvalue weighted by Gasteiger charge is -2.45. The standard InChI is InChI=1S/C51H68N10O5/c1-63-25-27-65-37-5-3-19-60(33-37)45(29-35-11-21-58(22-12-35)43-9-17-52-41-31-56-50-39(47(41)43)7-15-54-50)49(62)46(61-20-4-6-38(34-61)66-28-26-64-2)30-36-13-23-59(24-14-36)44-10-18-53-42-32-57-51-40(48(42)44)8-16-55-51/h7-10,15-18,31-32,35-38,45-46,52-53H,3-6,11-14,19-30,33-34H2,1-2H3. The van der Waals surface area contributed by atoms with E-state index in [1.807, 2.05) is 37.2 Å². The molecule has 352 valence electrons. The first kappa shape index (κ1) is 45.0. The molecule has 0 amide bonds. The van der Waals surface area contributed by atoms with Gasteiger partial charge in [0.1, 0.15) is 0 Å². The van der Waals surface area contributed by atoms with Crippen molar-refractivity contribution in [3.63, 3.8) is 0 Å². The van der Waals surface area contributed by atoms with E-state index in [2.05, 4.69) is 73.8 Å². The molecular formula is C51H68N10O5. The molecule has 0 radical (unpaired) electrons. The molecule has 4 saturated heterocycles. The van der Waals surface area contributed by atoms with Crippen molar-refractivity contribution in [1.82, 2.24) is 39.7 Å². The number of rotatable bonds is 18. The van der Waals surface area contributed by atoms with Gasteiger partial charge < -0.3 is 38.7 Å². The maximum Gasteiger partial charge on any atom is 0.167 e. The van der Waals surface area contributed by atoms with Gasteiger partial charge in [0.15, 0.2) is 17.1 Å². The topological polar surface area (TPSA) is 150 Å². The van der Waals surface area contributed by atoms with Crippen LogP contribution in [0.15, 0.2) is 61.4 Å². The van der Waals surface area contributed by atoms with Crippen LogP contribution < -0.4 is 9.80 Å². The Bertz CT molecular complexity index is 2360. The number of fused-ring (bicyclic) bond motifs is 6. The lowest BCUT2D eigenvalue weighted by atomic mass is 9.81. The van der Waals surface area contributed by atoms with Crippen LogP contribution in [-0.2, 0) is 23.7 Å². The summed E-state index contributed by atoms with van der Waals surface area (Å²) in [6.07, 6.45) is 21.7. The van der Waals surface area contributed by atoms with Gasteiger partial charge in [0.05, 0.1) is 74.1 Å². The molecule has 0 aromatic carbocycles. The number of nitrogens with one attached hydrogen (secondary N) is 2. The molecule has 0 spiro atoms. The first-order chi connectivity index (χ1) is 32.5. The number of carbonyl (C=O) groups is 1. The molecule has 66 heavy (non-hydrogen) atoms. The van der Waals surface area contributed by atoms with Crippen molar-refractivity contribution in [2.45, 2.75) is 88.5 Å². The minimum Gasteiger partial charge on any atom is -0.382 e. The molecule has 4 aliphatic heterocycles. The number of H-pyrrole nitrogens is 2. The lowest BCUT2D eigenvalue weighted by Crippen LogP contribution is -2.58. The van der Waals surface area contributed by atoms with Crippen LogP contribution in [0.3, 0.4) is 0 Å². The van der Waals surface area contributed by atoms with Crippen molar-refractivity contribution in [1.29, 1.82) is 0 Å². The van der Waals surface area contributed by atoms with Crippen LogP contribution in [0.1, 0.15) is 64.2 Å². The molecule has 2 N–H and O–H groups in total. The van der Waals surface area contributed by atoms with Gasteiger partial charge in [-0.05, 0) is 113 Å². The SMILES string of the molecule is COCCOC1CCCN(C(CC2CCN(c3cc[nH]c4cnc5nccc5c34)CC2)C(=O)C(CC2CCN(c3cc[nH]c4cnc5nccc5c34)CC2)N2CCCC(OCCOC)C2)C1. The Labute approximate surface area is 387 Å². The lowest BCUT2D eigenvalue weighted by molar-refractivity contribution is -0.135. The van der Waals surface area contributed by atoms with Crippen molar-refractivity contribution >= 4 is 61.0 Å². The first-order valence-electron chi connectivity index (χ1n) is 24.7. The highest BCUT2D eigenvalue weighted by atomic mass is 16.5. The monoisotopic (exact) mass is 901 g/mol. The van der Waals surface area contributed by atoms with Gasteiger partial charge in [-0.2, -0.15) is 0 Å². The molecule has 6 aromatic heterocycles. The fraction of sp³-hybridized carbons (Fsp3) is 0.588. The van der Waals surface area contributed by atoms with Crippen molar-refractivity contribution in [2.24, 2.45) is 11.8 Å². The number of ketones is 1. The zero-order chi connectivity index (χ0) is 44.8. The van der Waals surface area contributed by atoms with Crippen molar-refractivity contribution < 1.29 is 23.7 Å². The van der Waals surface area contributed by atoms with E-state index in [0.29, 0.717) is 44.0 Å². The van der Waals surface area contributed by atoms with Crippen LogP contribution in [-0.4, -0.2) is 163 Å². The van der Waals surface area contributed by atoms with E-state index in [1.165, 1.54) is 22.1 Å². The van der Waals surface area contributed by atoms with Gasteiger partial charge in [-0.25, -0.2) is 19.9 Å². The summed E-state index contributed by atoms with van der Waals surface area (Å²) in [5.41, 5.74) is 6.07. The second kappa shape index (κ2) is 21.0. The third kappa shape index (κ3) is 9.79. The quantitative estimate of drug-likeness (QED) is 0.0853. The van der Waals surface area contributed by atoms with Crippen LogP contribution in [0.5, 0.6) is 0 Å². The number of likely N-dealkylation sites (tertiary alicyclic amines) is 2. The Balaban J connectivity index is 0.894. The third-order valence-corrected chi connectivity index (χ3v) is 15.2. The molecule has 4 fully saturated rings. The number of hydrogen-bond acceptors (Lipinski definition) is 13. The number of pyridine rings is 4. The number of anilines is 2. The molecule has 6 aromatic rings. The van der Waals surface area contributed by atoms with Crippen LogP contribution in [0.2, 0.25) is 0 Å². The normalized spacial score (nSPS) is 22.0. The highest BCUT2D eigenvalue weighted by Crippen LogP contribution is 2.38. The van der Waals surface area contributed by atoms with E-state index in [4.69, 9.17) is 18.9 Å². The van der Waals surface area contributed by atoms with Gasteiger partial charge >= 0.3 is 0 Å². The smallest absolute Gasteiger partial charge is 0.167 e. The average molecular weight is 901 g/mol. The molecule has 4 unspecified atom stereocenters. The van der Waals surface area contributed by atoms with E-state index >= 15 is 4.79 Å². The number of methoxy groups -OCH3 is 2. The Kier molecular flexibility index (Phi) is 14.4. The van der Waals surface area contributed by atoms with Gasteiger partial charge in [-0.15, -0.1) is 0 Å². The molecule has 15 nitrogen and oxygen atoms in total. The highest BCUT2D eigenvalue weighted by molar-refractivity contribution is 6.11. The molecule has 10 heterocycles. The highest BCUT2D eigenvalue weighted by Gasteiger charge is 2.41. The van der Waals surface area contributed by atoms with Crippen molar-refractivity contribution in [3.8, 4) is 0 Å². The summed E-state index contributed by atoms with van der Waals surface area (Å²) in [4.78, 5) is 51.1. The summed E-state index contributed by atoms with van der Waals surface area (Å²) in [7, 11) is 3.45. The second-order valence-electron chi connectivity index (χ2n) is 19.2. The predicted octanol–water partition coefficient (Wildman–Crippen LogP) is 7.01. The maximum atomic E-state index is 15.9. The van der Waals surface area contributed by atoms with Gasteiger partial charge in [-0.3, -0.25) is 14.6 Å². The van der Waals surface area contributed by atoms with Crippen molar-refractivity contribution in [2.75, 3.05) is 103 Å². The molecule has 0 aliphatic carbocycles. The largest absolute Gasteiger partial charge is 0.382 e. The van der Waals surface area contributed by atoms with Gasteiger partial charge in [0.25, 0.3) is 0 Å². The number of Topliss-reactive ketones (excluding diaryl/α,β-unsaturated/α-hetero) is 1. The third-order valence-electron chi connectivity index (χ3n) is 15.2. The number of nitrogens with zero attached hydrogens (tertiary/aromatic N) is 8. The molecule has 4 aliphatic rings. The number of piperidine rings is 4. The van der Waals surface area contributed by atoms with Gasteiger partial charge in [0, 0.05) is 111 Å². The number of aromatic amines is 2. The fourth-order valence-electron chi connectivity index (χ4n) is 11.7. The Morgan fingerprint density at radius 1 is 0.606 bits per heavy atom. The number of ether oxygens (including phenoxy) is 4. The fourth-order valence-corrected chi connectivity index (χ4v) is 11.7. The van der Waals surface area contributed by atoms with Crippen LogP contribution in [0.4, 0.5) is 11.4 Å². The first-order valence-corrected chi connectivity index (χ1v) is 24.7. The summed E-state index contributed by atoms with van der Waals surface area (Å²) in [5, 5.41) is 4.54. The van der Waals surface area contributed by atoms with E-state index < -0.39 is 0 Å². The minimum absolute atomic E-state index is 0.0930. The molecule has 4 atom stereocenters. The summed E-state index contributed by atoms with van der Waals surface area (Å²) in [6.45, 7) is 9.46. The minimum atomic E-state index is -0.176. The van der Waals surface area contributed by atoms with Crippen LogP contribution in [0.25, 0.3) is 43.9 Å². The van der Waals surface area contributed by atoms with E-state index in [9.17, 15) is 0 Å². The van der Waals surface area contributed by atoms with E-state index in [1.54, 1.807) is 14.2 Å². The Morgan fingerprint density at radius 2 is 1.06 bits per heavy atom. The maximum absolute atomic E-state index is 15.9.